The first-order chi connectivity index (χ1) is 13.0. The second-order valence-electron chi connectivity index (χ2n) is 7.04. The molecule has 0 N–H and O–H groups in total. The first kappa shape index (κ1) is 18.0. The Hall–Kier alpha value is -2.41. The smallest absolute Gasteiger partial charge is 0.412 e. The quantitative estimate of drug-likeness (QED) is 0.727. The molecule has 142 valence electrons. The zero-order valence-electron chi connectivity index (χ0n) is 14.7. The van der Waals surface area contributed by atoms with E-state index in [-0.39, 0.29) is 18.8 Å². The summed E-state index contributed by atoms with van der Waals surface area (Å²) in [5.74, 6) is -0.205. The molecular formula is C19H19ClFN3O3. The summed E-state index contributed by atoms with van der Waals surface area (Å²) < 4.78 is 23.8. The van der Waals surface area contributed by atoms with Gasteiger partial charge in [-0.05, 0) is 55.4 Å². The highest BCUT2D eigenvalue weighted by molar-refractivity contribution is 6.33. The Bertz CT molecular complexity index is 833. The van der Waals surface area contributed by atoms with E-state index in [4.69, 9.17) is 21.1 Å². The van der Waals surface area contributed by atoms with E-state index < -0.39 is 5.82 Å². The molecule has 1 amide bonds. The van der Waals surface area contributed by atoms with Crippen molar-refractivity contribution in [2.24, 2.45) is 5.41 Å². The molecule has 1 aromatic carbocycles. The zero-order valence-corrected chi connectivity index (χ0v) is 15.4. The highest BCUT2D eigenvalue weighted by Crippen LogP contribution is 2.53. The van der Waals surface area contributed by atoms with Gasteiger partial charge in [-0.1, -0.05) is 11.6 Å². The largest absolute Gasteiger partial charge is 0.439 e. The lowest BCUT2D eigenvalue weighted by Gasteiger charge is -2.31. The summed E-state index contributed by atoms with van der Waals surface area (Å²) in [6.07, 6.45) is 4.31. The molecule has 6 nitrogen and oxygen atoms in total. The molecule has 0 unspecified atom stereocenters. The van der Waals surface area contributed by atoms with Crippen molar-refractivity contribution in [2.75, 3.05) is 19.9 Å². The van der Waals surface area contributed by atoms with Crippen LogP contribution in [0.1, 0.15) is 25.7 Å². The van der Waals surface area contributed by atoms with Crippen LogP contribution in [-0.4, -0.2) is 41.1 Å². The van der Waals surface area contributed by atoms with E-state index >= 15 is 0 Å². The third-order valence-corrected chi connectivity index (χ3v) is 5.60. The molecule has 4 rings (SSSR count). The third kappa shape index (κ3) is 4.13. The highest BCUT2D eigenvalue weighted by atomic mass is 35.5. The van der Waals surface area contributed by atoms with Gasteiger partial charge in [0.15, 0.2) is 0 Å². The van der Waals surface area contributed by atoms with E-state index in [1.807, 2.05) is 0 Å². The monoisotopic (exact) mass is 391 g/mol. The van der Waals surface area contributed by atoms with E-state index in [1.54, 1.807) is 17.0 Å². The number of hydrogen-bond acceptors (Lipinski definition) is 5. The number of ether oxygens (including phenoxy) is 2. The molecule has 1 aliphatic carbocycles. The SMILES string of the molecule is O=C(OCOc1ccc(-c2cc(F)ccc2Cl)nn1)N1CCC2(CC1)CC2. The second kappa shape index (κ2) is 7.31. The Balaban J connectivity index is 1.27. The summed E-state index contributed by atoms with van der Waals surface area (Å²) in [5.41, 5.74) is 1.38. The van der Waals surface area contributed by atoms with Gasteiger partial charge in [-0.2, -0.15) is 0 Å². The number of likely N-dealkylation sites (tertiary alicyclic amines) is 1. The molecule has 27 heavy (non-hydrogen) atoms. The Morgan fingerprint density at radius 3 is 2.59 bits per heavy atom. The van der Waals surface area contributed by atoms with Gasteiger partial charge in [0.05, 0.1) is 10.7 Å². The van der Waals surface area contributed by atoms with Gasteiger partial charge in [-0.25, -0.2) is 9.18 Å². The maximum Gasteiger partial charge on any atom is 0.412 e. The van der Waals surface area contributed by atoms with Crippen LogP contribution in [-0.2, 0) is 4.74 Å². The van der Waals surface area contributed by atoms with Crippen molar-refractivity contribution in [3.05, 3.63) is 41.2 Å². The van der Waals surface area contributed by atoms with Crippen LogP contribution in [0.3, 0.4) is 0 Å². The van der Waals surface area contributed by atoms with Crippen LogP contribution in [0.4, 0.5) is 9.18 Å². The van der Waals surface area contributed by atoms with E-state index in [0.717, 1.165) is 25.9 Å². The minimum atomic E-state index is -0.409. The van der Waals surface area contributed by atoms with Crippen LogP contribution >= 0.6 is 11.6 Å². The van der Waals surface area contributed by atoms with Crippen molar-refractivity contribution in [3.8, 4) is 17.1 Å². The number of aromatic nitrogens is 2. The summed E-state index contributed by atoms with van der Waals surface area (Å²) >= 11 is 6.06. The molecule has 0 bridgehead atoms. The van der Waals surface area contributed by atoms with Crippen LogP contribution in [0, 0.1) is 11.2 Å². The van der Waals surface area contributed by atoms with Crippen LogP contribution < -0.4 is 4.74 Å². The average molecular weight is 392 g/mol. The fourth-order valence-electron chi connectivity index (χ4n) is 3.31. The van der Waals surface area contributed by atoms with E-state index in [0.29, 0.717) is 21.7 Å². The molecule has 1 spiro atoms. The van der Waals surface area contributed by atoms with Crippen LogP contribution in [0.5, 0.6) is 5.88 Å². The third-order valence-electron chi connectivity index (χ3n) is 5.27. The first-order valence-corrected chi connectivity index (χ1v) is 9.26. The van der Waals surface area contributed by atoms with Gasteiger partial charge in [0.25, 0.3) is 0 Å². The number of benzene rings is 1. The Morgan fingerprint density at radius 2 is 1.93 bits per heavy atom. The fourth-order valence-corrected chi connectivity index (χ4v) is 3.52. The number of carbonyl (C=O) groups is 1. The molecule has 1 saturated carbocycles. The van der Waals surface area contributed by atoms with E-state index in [9.17, 15) is 9.18 Å². The van der Waals surface area contributed by atoms with Crippen LogP contribution in [0.25, 0.3) is 11.3 Å². The normalized spacial score (nSPS) is 17.6. The molecular weight excluding hydrogens is 373 g/mol. The maximum atomic E-state index is 13.4. The summed E-state index contributed by atoms with van der Waals surface area (Å²) in [6.45, 7) is 1.23. The van der Waals surface area contributed by atoms with Crippen LogP contribution in [0.15, 0.2) is 30.3 Å². The van der Waals surface area contributed by atoms with Crippen molar-refractivity contribution >= 4 is 17.7 Å². The van der Waals surface area contributed by atoms with Crippen molar-refractivity contribution in [1.82, 2.24) is 15.1 Å². The van der Waals surface area contributed by atoms with Crippen molar-refractivity contribution in [2.45, 2.75) is 25.7 Å². The topological polar surface area (TPSA) is 64.5 Å². The van der Waals surface area contributed by atoms with Gasteiger partial charge < -0.3 is 14.4 Å². The van der Waals surface area contributed by atoms with Gasteiger partial charge in [0, 0.05) is 24.7 Å². The molecule has 0 radical (unpaired) electrons. The van der Waals surface area contributed by atoms with Gasteiger partial charge in [0.2, 0.25) is 12.7 Å². The lowest BCUT2D eigenvalue weighted by Crippen LogP contribution is -2.39. The van der Waals surface area contributed by atoms with Crippen molar-refractivity contribution < 1.29 is 18.7 Å². The molecule has 2 fully saturated rings. The lowest BCUT2D eigenvalue weighted by atomic mass is 9.94. The number of nitrogens with zero attached hydrogens (tertiary/aromatic N) is 3. The number of halogens is 2. The van der Waals surface area contributed by atoms with Gasteiger partial charge in [-0.15, -0.1) is 10.2 Å². The van der Waals surface area contributed by atoms with Crippen molar-refractivity contribution in [3.63, 3.8) is 0 Å². The number of rotatable bonds is 4. The molecule has 2 heterocycles. The predicted octanol–water partition coefficient (Wildman–Crippen LogP) is 4.29. The van der Waals surface area contributed by atoms with Crippen LogP contribution in [0.2, 0.25) is 5.02 Å². The zero-order chi connectivity index (χ0) is 18.9. The minimum Gasteiger partial charge on any atom is -0.439 e. The Labute approximate surface area is 161 Å². The number of piperidine rings is 1. The number of carbonyl (C=O) groups excluding carboxylic acids is 1. The molecule has 2 aromatic rings. The predicted molar refractivity (Wildman–Crippen MR) is 96.9 cm³/mol. The Morgan fingerprint density at radius 1 is 1.15 bits per heavy atom. The fraction of sp³-hybridized carbons (Fsp3) is 0.421. The molecule has 2 aliphatic rings. The minimum absolute atomic E-state index is 0.203. The second-order valence-corrected chi connectivity index (χ2v) is 7.45. The number of hydrogen-bond donors (Lipinski definition) is 0. The molecule has 1 saturated heterocycles. The first-order valence-electron chi connectivity index (χ1n) is 8.88. The summed E-state index contributed by atoms with van der Waals surface area (Å²) in [5, 5.41) is 8.27. The van der Waals surface area contributed by atoms with Gasteiger partial charge in [-0.3, -0.25) is 0 Å². The van der Waals surface area contributed by atoms with Gasteiger partial charge >= 0.3 is 6.09 Å². The summed E-state index contributed by atoms with van der Waals surface area (Å²) in [6, 6.07) is 7.21. The Kier molecular flexibility index (Phi) is 4.86. The average Bonchev–Trinajstić information content (AvgIpc) is 3.44. The summed E-state index contributed by atoms with van der Waals surface area (Å²) in [4.78, 5) is 13.8. The standard InChI is InChI=1S/C19H19ClFN3O3/c20-15-2-1-13(21)11-14(15)16-3-4-17(23-22-16)26-12-27-18(25)24-9-7-19(5-6-19)8-10-24/h1-4,11H,5-10,12H2. The van der Waals surface area contributed by atoms with E-state index in [2.05, 4.69) is 10.2 Å². The molecule has 1 aromatic heterocycles. The lowest BCUT2D eigenvalue weighted by molar-refractivity contribution is 0.0252. The van der Waals surface area contributed by atoms with Gasteiger partial charge in [0.1, 0.15) is 5.82 Å². The highest BCUT2D eigenvalue weighted by Gasteiger charge is 2.45. The summed E-state index contributed by atoms with van der Waals surface area (Å²) in [7, 11) is 0. The molecule has 8 heteroatoms. The maximum absolute atomic E-state index is 13.4. The van der Waals surface area contributed by atoms with E-state index in [1.165, 1.54) is 31.0 Å². The molecule has 0 atom stereocenters. The number of amides is 1. The van der Waals surface area contributed by atoms with Crippen molar-refractivity contribution in [1.29, 1.82) is 0 Å². The molecule has 1 aliphatic heterocycles.